The average molecular weight is 437 g/mol. The number of carbonyl (C=O) groups is 4. The van der Waals surface area contributed by atoms with Crippen LogP contribution in [-0.4, -0.2) is 39.9 Å². The van der Waals surface area contributed by atoms with Crippen molar-refractivity contribution in [1.29, 1.82) is 0 Å². The molecule has 3 aromatic rings. The normalized spacial score (nSPS) is 13.8. The fraction of sp³-hybridized carbons (Fsp3) is 0.227. The molecule has 1 atom stereocenters. The van der Waals surface area contributed by atoms with Crippen LogP contribution in [0.15, 0.2) is 51.6 Å². The van der Waals surface area contributed by atoms with E-state index in [1.165, 1.54) is 30.5 Å². The first-order chi connectivity index (χ1) is 15.4. The van der Waals surface area contributed by atoms with Crippen LogP contribution in [0.4, 0.5) is 5.82 Å². The molecule has 10 nitrogen and oxygen atoms in total. The molecule has 3 heterocycles. The number of anilines is 1. The molecule has 0 bridgehead atoms. The Hall–Kier alpha value is -4.21. The molecule has 1 aromatic carbocycles. The molecule has 0 radical (unpaired) electrons. The summed E-state index contributed by atoms with van der Waals surface area (Å²) in [6, 6.07) is 8.92. The van der Waals surface area contributed by atoms with Crippen molar-refractivity contribution in [3.8, 4) is 0 Å². The number of esters is 1. The second-order valence-corrected chi connectivity index (χ2v) is 7.15. The molecule has 32 heavy (non-hydrogen) atoms. The first kappa shape index (κ1) is 21.0. The number of carbonyl (C=O) groups excluding carboxylic acids is 4. The van der Waals surface area contributed by atoms with Crippen molar-refractivity contribution < 1.29 is 32.9 Å². The van der Waals surface area contributed by atoms with Crippen LogP contribution in [0.3, 0.4) is 0 Å². The largest absolute Gasteiger partial charge is 0.467 e. The third-order valence-corrected chi connectivity index (χ3v) is 4.89. The van der Waals surface area contributed by atoms with Gasteiger partial charge in [0.15, 0.2) is 11.9 Å². The summed E-state index contributed by atoms with van der Waals surface area (Å²) in [6.07, 6.45) is 0.583. The number of amides is 3. The highest BCUT2D eigenvalue weighted by Gasteiger charge is 2.37. The maximum absolute atomic E-state index is 12.7. The summed E-state index contributed by atoms with van der Waals surface area (Å²) in [5.41, 5.74) is 0.323. The number of nitrogens with one attached hydrogen (secondary N) is 1. The highest BCUT2D eigenvalue weighted by atomic mass is 16.5. The van der Waals surface area contributed by atoms with Crippen molar-refractivity contribution in [3.05, 3.63) is 70.9 Å². The van der Waals surface area contributed by atoms with Crippen LogP contribution in [-0.2, 0) is 16.1 Å². The van der Waals surface area contributed by atoms with Crippen LogP contribution < -0.4 is 5.32 Å². The van der Waals surface area contributed by atoms with Gasteiger partial charge in [0.25, 0.3) is 17.7 Å². The third kappa shape index (κ3) is 4.02. The molecule has 0 aliphatic carbocycles. The van der Waals surface area contributed by atoms with E-state index in [0.29, 0.717) is 11.5 Å². The SMILES string of the molecule is CC[C@@H](OC(=O)c1ccc2c(c1)C(=O)N(Cc1ccco1)C2=O)C(=O)Nc1cc(C)on1. The van der Waals surface area contributed by atoms with Gasteiger partial charge in [-0.05, 0) is 43.7 Å². The van der Waals surface area contributed by atoms with Gasteiger partial charge in [0, 0.05) is 6.07 Å². The molecule has 10 heteroatoms. The van der Waals surface area contributed by atoms with Gasteiger partial charge in [0.05, 0.1) is 29.5 Å². The Morgan fingerprint density at radius 1 is 1.16 bits per heavy atom. The van der Waals surface area contributed by atoms with Gasteiger partial charge in [-0.2, -0.15) is 0 Å². The molecule has 2 aromatic heterocycles. The number of ether oxygens (including phenoxy) is 1. The van der Waals surface area contributed by atoms with Crippen molar-refractivity contribution in [2.75, 3.05) is 5.32 Å². The number of hydrogen-bond donors (Lipinski definition) is 1. The average Bonchev–Trinajstić information content (AvgIpc) is 3.50. The summed E-state index contributed by atoms with van der Waals surface area (Å²) >= 11 is 0. The van der Waals surface area contributed by atoms with Crippen molar-refractivity contribution in [2.24, 2.45) is 0 Å². The van der Waals surface area contributed by atoms with E-state index in [1.54, 1.807) is 26.0 Å². The highest BCUT2D eigenvalue weighted by Crippen LogP contribution is 2.26. The first-order valence-electron chi connectivity index (χ1n) is 9.85. The van der Waals surface area contributed by atoms with Crippen LogP contribution in [0, 0.1) is 6.92 Å². The van der Waals surface area contributed by atoms with Gasteiger partial charge in [-0.3, -0.25) is 19.3 Å². The minimum Gasteiger partial charge on any atom is -0.467 e. The number of imide groups is 1. The van der Waals surface area contributed by atoms with Gasteiger partial charge in [-0.25, -0.2) is 4.79 Å². The van der Waals surface area contributed by atoms with E-state index in [1.807, 2.05) is 0 Å². The third-order valence-electron chi connectivity index (χ3n) is 4.89. The van der Waals surface area contributed by atoms with Gasteiger partial charge in [0.2, 0.25) is 0 Å². The number of benzene rings is 1. The van der Waals surface area contributed by atoms with Crippen molar-refractivity contribution in [2.45, 2.75) is 32.9 Å². The minimum absolute atomic E-state index is 0.0152. The van der Waals surface area contributed by atoms with Crippen LogP contribution >= 0.6 is 0 Å². The van der Waals surface area contributed by atoms with E-state index in [0.717, 1.165) is 4.90 Å². The molecule has 0 spiro atoms. The second kappa shape index (κ2) is 8.50. The summed E-state index contributed by atoms with van der Waals surface area (Å²) < 4.78 is 15.4. The minimum atomic E-state index is -1.08. The Bertz CT molecular complexity index is 1200. The number of aryl methyl sites for hydroxylation is 1. The molecule has 0 unspecified atom stereocenters. The summed E-state index contributed by atoms with van der Waals surface area (Å²) in [5.74, 6) is -1.19. The Labute approximate surface area is 182 Å². The molecule has 1 N–H and O–H groups in total. The molecule has 1 aliphatic rings. The van der Waals surface area contributed by atoms with E-state index in [4.69, 9.17) is 13.7 Å². The Morgan fingerprint density at radius 3 is 2.59 bits per heavy atom. The molecule has 0 saturated carbocycles. The standard InChI is InChI=1S/C22H19N3O7/c1-3-17(19(26)23-18-9-12(2)32-24-18)31-22(29)13-6-7-15-16(10-13)21(28)25(20(15)27)11-14-5-4-8-30-14/h4-10,17H,3,11H2,1-2H3,(H,23,24,26)/t17-/m1/s1. The van der Waals surface area contributed by atoms with Gasteiger partial charge < -0.3 is 19.0 Å². The zero-order valence-electron chi connectivity index (χ0n) is 17.3. The van der Waals surface area contributed by atoms with E-state index >= 15 is 0 Å². The molecule has 1 aliphatic heterocycles. The van der Waals surface area contributed by atoms with Crippen LogP contribution in [0.5, 0.6) is 0 Å². The second-order valence-electron chi connectivity index (χ2n) is 7.15. The number of aromatic nitrogens is 1. The predicted molar refractivity (Wildman–Crippen MR) is 109 cm³/mol. The van der Waals surface area contributed by atoms with E-state index in [9.17, 15) is 19.2 Å². The van der Waals surface area contributed by atoms with Crippen LogP contribution in [0.1, 0.15) is 55.9 Å². The first-order valence-corrected chi connectivity index (χ1v) is 9.85. The van der Waals surface area contributed by atoms with Crippen LogP contribution in [0.2, 0.25) is 0 Å². The predicted octanol–water partition coefficient (Wildman–Crippen LogP) is 2.95. The lowest BCUT2D eigenvalue weighted by Crippen LogP contribution is -2.32. The molecule has 164 valence electrons. The zero-order valence-corrected chi connectivity index (χ0v) is 17.3. The quantitative estimate of drug-likeness (QED) is 0.441. The summed E-state index contributed by atoms with van der Waals surface area (Å²) in [7, 11) is 0. The Kier molecular flexibility index (Phi) is 5.59. The lowest BCUT2D eigenvalue weighted by atomic mass is 10.1. The van der Waals surface area contributed by atoms with Gasteiger partial charge in [-0.15, -0.1) is 0 Å². The molecule has 3 amide bonds. The monoisotopic (exact) mass is 437 g/mol. The summed E-state index contributed by atoms with van der Waals surface area (Å²) in [4.78, 5) is 51.4. The van der Waals surface area contributed by atoms with Gasteiger partial charge in [-0.1, -0.05) is 12.1 Å². The van der Waals surface area contributed by atoms with Gasteiger partial charge in [0.1, 0.15) is 11.5 Å². The fourth-order valence-corrected chi connectivity index (χ4v) is 3.27. The highest BCUT2D eigenvalue weighted by molar-refractivity contribution is 6.21. The van der Waals surface area contributed by atoms with E-state index < -0.39 is 29.8 Å². The molecular formula is C22H19N3O7. The van der Waals surface area contributed by atoms with Crippen molar-refractivity contribution >= 4 is 29.5 Å². The van der Waals surface area contributed by atoms with E-state index in [2.05, 4.69) is 10.5 Å². The number of nitrogens with zero attached hydrogens (tertiary/aromatic N) is 2. The number of furan rings is 1. The smallest absolute Gasteiger partial charge is 0.338 e. The molecule has 4 rings (SSSR count). The number of fused-ring (bicyclic) bond motifs is 1. The van der Waals surface area contributed by atoms with Crippen molar-refractivity contribution in [3.63, 3.8) is 0 Å². The number of hydrogen-bond acceptors (Lipinski definition) is 8. The lowest BCUT2D eigenvalue weighted by molar-refractivity contribution is -0.124. The van der Waals surface area contributed by atoms with Crippen molar-refractivity contribution in [1.82, 2.24) is 10.1 Å². The number of rotatable bonds is 7. The Balaban J connectivity index is 1.47. The Morgan fingerprint density at radius 2 is 1.94 bits per heavy atom. The zero-order chi connectivity index (χ0) is 22.8. The lowest BCUT2D eigenvalue weighted by Gasteiger charge is -2.15. The molecule has 0 fully saturated rings. The molecular weight excluding hydrogens is 418 g/mol. The topological polar surface area (TPSA) is 132 Å². The molecule has 0 saturated heterocycles. The maximum atomic E-state index is 12.7. The fourth-order valence-electron chi connectivity index (χ4n) is 3.27. The van der Waals surface area contributed by atoms with E-state index in [-0.39, 0.29) is 35.5 Å². The van der Waals surface area contributed by atoms with Gasteiger partial charge >= 0.3 is 5.97 Å². The maximum Gasteiger partial charge on any atom is 0.338 e. The summed E-state index contributed by atoms with van der Waals surface area (Å²) in [5, 5.41) is 6.19. The van der Waals surface area contributed by atoms with Crippen LogP contribution in [0.25, 0.3) is 0 Å². The summed E-state index contributed by atoms with van der Waals surface area (Å²) in [6.45, 7) is 3.34.